The van der Waals surface area contributed by atoms with E-state index in [2.05, 4.69) is 20.2 Å². The van der Waals surface area contributed by atoms with E-state index in [1.54, 1.807) is 4.68 Å². The smallest absolute Gasteiger partial charge is 0.202 e. The fraction of sp³-hybridized carbons (Fsp3) is 0.429. The number of nitrogens with two attached hydrogens (primary N) is 1. The van der Waals surface area contributed by atoms with Crippen molar-refractivity contribution in [3.63, 3.8) is 0 Å². The Hall–Kier alpha value is -2.71. The molecular formula is C21H23ClN8. The van der Waals surface area contributed by atoms with Gasteiger partial charge in [0, 0.05) is 42.3 Å². The third-order valence-corrected chi connectivity index (χ3v) is 6.97. The number of anilines is 1. The Morgan fingerprint density at radius 2 is 1.93 bits per heavy atom. The Kier molecular flexibility index (Phi) is 3.85. The average Bonchev–Trinajstić information content (AvgIpc) is 3.36. The zero-order valence-corrected chi connectivity index (χ0v) is 17.7. The number of H-pyrrole nitrogens is 1. The molecule has 2 saturated heterocycles. The van der Waals surface area contributed by atoms with E-state index in [1.807, 2.05) is 32.3 Å². The summed E-state index contributed by atoms with van der Waals surface area (Å²) >= 11 is 6.73. The molecule has 6 rings (SSSR count). The monoisotopic (exact) mass is 422 g/mol. The summed E-state index contributed by atoms with van der Waals surface area (Å²) in [6.07, 6.45) is 6.30. The van der Waals surface area contributed by atoms with Crippen molar-refractivity contribution < 1.29 is 0 Å². The highest BCUT2D eigenvalue weighted by atomic mass is 35.5. The number of aryl methyl sites for hydroxylation is 2. The molecule has 3 atom stereocenters. The van der Waals surface area contributed by atoms with Crippen LogP contribution in [0.25, 0.3) is 33.3 Å². The number of benzene rings is 1. The standard InChI is InChI=1S/C21H23ClN8/c1-10-21(30-12-3-4-13(30)8-11(23)7-12)25-20-19(24-10)18(26-27-20)14-5-6-16-15(17(14)22)9-29(2)28-16/h5-6,9,11-13H,3-4,7-8,23H2,1-2H3,(H,25,26,27)/t11?,12-,13+. The van der Waals surface area contributed by atoms with Crippen LogP contribution in [0.4, 0.5) is 5.82 Å². The topological polar surface area (TPSA) is 102 Å². The van der Waals surface area contributed by atoms with E-state index in [1.165, 1.54) is 12.8 Å². The first-order valence-corrected chi connectivity index (χ1v) is 10.8. The van der Waals surface area contributed by atoms with E-state index < -0.39 is 0 Å². The quantitative estimate of drug-likeness (QED) is 0.513. The van der Waals surface area contributed by atoms with Gasteiger partial charge in [0.15, 0.2) is 5.82 Å². The molecular weight excluding hydrogens is 400 g/mol. The lowest BCUT2D eigenvalue weighted by atomic mass is 9.98. The van der Waals surface area contributed by atoms with Gasteiger partial charge in [-0.25, -0.2) is 9.97 Å². The van der Waals surface area contributed by atoms with Gasteiger partial charge < -0.3 is 10.6 Å². The predicted molar refractivity (Wildman–Crippen MR) is 118 cm³/mol. The molecule has 1 unspecified atom stereocenters. The van der Waals surface area contributed by atoms with Gasteiger partial charge in [0.25, 0.3) is 0 Å². The number of nitrogens with one attached hydrogen (secondary N) is 1. The number of nitrogens with zero attached hydrogens (tertiary/aromatic N) is 6. The van der Waals surface area contributed by atoms with Crippen molar-refractivity contribution in [3.05, 3.63) is 29.0 Å². The molecule has 1 aromatic carbocycles. The molecule has 9 heteroatoms. The van der Waals surface area contributed by atoms with Crippen LogP contribution in [0.15, 0.2) is 18.3 Å². The Labute approximate surface area is 178 Å². The molecule has 2 bridgehead atoms. The average molecular weight is 423 g/mol. The third kappa shape index (κ3) is 2.56. The summed E-state index contributed by atoms with van der Waals surface area (Å²) in [5.74, 6) is 0.939. The van der Waals surface area contributed by atoms with E-state index in [9.17, 15) is 0 Å². The highest BCUT2D eigenvalue weighted by Gasteiger charge is 2.41. The number of halogens is 1. The fourth-order valence-corrected chi connectivity index (χ4v) is 5.58. The maximum Gasteiger partial charge on any atom is 0.202 e. The Morgan fingerprint density at radius 1 is 1.17 bits per heavy atom. The molecule has 0 spiro atoms. The first kappa shape index (κ1) is 18.1. The van der Waals surface area contributed by atoms with Crippen LogP contribution in [0.2, 0.25) is 5.02 Å². The molecule has 3 aromatic heterocycles. The molecule has 0 amide bonds. The van der Waals surface area contributed by atoms with Crippen molar-refractivity contribution in [3.8, 4) is 11.3 Å². The minimum Gasteiger partial charge on any atom is -0.349 e. The molecule has 30 heavy (non-hydrogen) atoms. The number of hydrogen-bond donors (Lipinski definition) is 2. The van der Waals surface area contributed by atoms with E-state index in [0.717, 1.165) is 52.0 Å². The molecule has 2 aliphatic rings. The van der Waals surface area contributed by atoms with Gasteiger partial charge in [-0.15, -0.1) is 0 Å². The minimum absolute atomic E-state index is 0.289. The van der Waals surface area contributed by atoms with Gasteiger partial charge in [-0.2, -0.15) is 10.2 Å². The number of fused-ring (bicyclic) bond motifs is 4. The number of piperidine rings is 1. The Morgan fingerprint density at radius 3 is 2.70 bits per heavy atom. The second-order valence-corrected chi connectivity index (χ2v) is 8.97. The van der Waals surface area contributed by atoms with Gasteiger partial charge in [0.1, 0.15) is 5.52 Å². The van der Waals surface area contributed by atoms with E-state index in [4.69, 9.17) is 27.3 Å². The molecule has 5 heterocycles. The Bertz CT molecular complexity index is 1280. The molecule has 2 aliphatic heterocycles. The van der Waals surface area contributed by atoms with Crippen LogP contribution in [0.3, 0.4) is 0 Å². The minimum atomic E-state index is 0.289. The summed E-state index contributed by atoms with van der Waals surface area (Å²) < 4.78 is 1.76. The summed E-state index contributed by atoms with van der Waals surface area (Å²) in [6.45, 7) is 2.03. The molecule has 8 nitrogen and oxygen atoms in total. The number of rotatable bonds is 2. The second kappa shape index (κ2) is 6.39. The summed E-state index contributed by atoms with van der Waals surface area (Å²) in [6, 6.07) is 5.11. The normalized spacial score (nSPS) is 23.7. The van der Waals surface area contributed by atoms with Gasteiger partial charge in [-0.05, 0) is 44.7 Å². The lowest BCUT2D eigenvalue weighted by molar-refractivity contribution is 0.411. The van der Waals surface area contributed by atoms with Crippen molar-refractivity contribution in [1.29, 1.82) is 0 Å². The zero-order valence-electron chi connectivity index (χ0n) is 16.9. The van der Waals surface area contributed by atoms with Crippen molar-refractivity contribution in [2.45, 2.75) is 50.7 Å². The van der Waals surface area contributed by atoms with Gasteiger partial charge >= 0.3 is 0 Å². The molecule has 0 aliphatic carbocycles. The molecule has 3 N–H and O–H groups in total. The van der Waals surface area contributed by atoms with E-state index >= 15 is 0 Å². The maximum atomic E-state index is 6.73. The molecule has 4 aromatic rings. The van der Waals surface area contributed by atoms with Gasteiger partial charge in [-0.3, -0.25) is 9.78 Å². The van der Waals surface area contributed by atoms with Crippen molar-refractivity contribution in [2.24, 2.45) is 12.8 Å². The number of aromatic nitrogens is 6. The first-order chi connectivity index (χ1) is 14.5. The van der Waals surface area contributed by atoms with Crippen LogP contribution in [0.1, 0.15) is 31.4 Å². The van der Waals surface area contributed by atoms with Gasteiger partial charge in [0.05, 0.1) is 21.9 Å². The van der Waals surface area contributed by atoms with Crippen LogP contribution >= 0.6 is 11.6 Å². The maximum absolute atomic E-state index is 6.73. The lowest BCUT2D eigenvalue weighted by Crippen LogP contribution is -2.48. The highest BCUT2D eigenvalue weighted by molar-refractivity contribution is 6.38. The summed E-state index contributed by atoms with van der Waals surface area (Å²) in [7, 11) is 1.89. The van der Waals surface area contributed by atoms with Crippen molar-refractivity contribution in [1.82, 2.24) is 29.9 Å². The molecule has 0 saturated carbocycles. The fourth-order valence-electron chi connectivity index (χ4n) is 5.28. The van der Waals surface area contributed by atoms with Crippen LogP contribution < -0.4 is 10.6 Å². The molecule has 0 radical (unpaired) electrons. The highest BCUT2D eigenvalue weighted by Crippen LogP contribution is 2.40. The lowest BCUT2D eigenvalue weighted by Gasteiger charge is -2.39. The van der Waals surface area contributed by atoms with E-state index in [-0.39, 0.29) is 6.04 Å². The van der Waals surface area contributed by atoms with Gasteiger partial charge in [-0.1, -0.05) is 11.6 Å². The number of hydrogen-bond acceptors (Lipinski definition) is 6. The zero-order chi connectivity index (χ0) is 20.6. The predicted octanol–water partition coefficient (Wildman–Crippen LogP) is 3.33. The van der Waals surface area contributed by atoms with Crippen molar-refractivity contribution >= 4 is 39.5 Å². The summed E-state index contributed by atoms with van der Waals surface area (Å²) in [5, 5.41) is 13.6. The first-order valence-electron chi connectivity index (χ1n) is 10.4. The Balaban J connectivity index is 1.46. The van der Waals surface area contributed by atoms with Crippen LogP contribution in [-0.2, 0) is 7.05 Å². The van der Waals surface area contributed by atoms with E-state index in [0.29, 0.717) is 22.8 Å². The van der Waals surface area contributed by atoms with Crippen molar-refractivity contribution in [2.75, 3.05) is 4.90 Å². The van der Waals surface area contributed by atoms with Crippen LogP contribution in [-0.4, -0.2) is 48.1 Å². The third-order valence-electron chi connectivity index (χ3n) is 6.56. The van der Waals surface area contributed by atoms with Crippen LogP contribution in [0.5, 0.6) is 0 Å². The van der Waals surface area contributed by atoms with Crippen LogP contribution in [0, 0.1) is 6.92 Å². The number of aromatic amines is 1. The SMILES string of the molecule is Cc1nc2c(-c3ccc4nn(C)cc4c3Cl)[nH]nc2nc1N1[C@@H]2CC[C@H]1CC(N)C2. The van der Waals surface area contributed by atoms with Gasteiger partial charge in [0.2, 0.25) is 5.65 Å². The summed E-state index contributed by atoms with van der Waals surface area (Å²) in [5.41, 5.74) is 11.0. The second-order valence-electron chi connectivity index (χ2n) is 8.59. The summed E-state index contributed by atoms with van der Waals surface area (Å²) in [4.78, 5) is 12.3. The molecule has 2 fully saturated rings. The largest absolute Gasteiger partial charge is 0.349 e. The molecule has 154 valence electrons.